The summed E-state index contributed by atoms with van der Waals surface area (Å²) < 4.78 is 14.2. The van der Waals surface area contributed by atoms with E-state index < -0.39 is 5.82 Å². The molecule has 0 unspecified atom stereocenters. The lowest BCUT2D eigenvalue weighted by atomic mass is 10.2. The van der Waals surface area contributed by atoms with E-state index in [1.54, 1.807) is 30.3 Å². The van der Waals surface area contributed by atoms with E-state index >= 15 is 0 Å². The molecule has 0 spiro atoms. The third kappa shape index (κ3) is 3.33. The Balaban J connectivity index is 2.25. The Kier molecular flexibility index (Phi) is 4.22. The molecule has 2 nitrogen and oxygen atoms in total. The molecule has 0 aliphatic heterocycles. The van der Waals surface area contributed by atoms with Gasteiger partial charge in [-0.25, -0.2) is 4.39 Å². The van der Waals surface area contributed by atoms with Crippen LogP contribution in [0.25, 0.3) is 0 Å². The summed E-state index contributed by atoms with van der Waals surface area (Å²) in [5, 5.41) is 3.05. The minimum absolute atomic E-state index is 0.163. The lowest BCUT2D eigenvalue weighted by Gasteiger charge is -2.08. The zero-order chi connectivity index (χ0) is 14.0. The first-order valence-corrected chi connectivity index (χ1v) is 6.67. The van der Waals surface area contributed by atoms with Gasteiger partial charge in [-0.15, -0.1) is 0 Å². The van der Waals surface area contributed by atoms with Gasteiger partial charge in [0, 0.05) is 10.0 Å². The van der Waals surface area contributed by atoms with Crippen LogP contribution in [0.3, 0.4) is 0 Å². The number of carbonyl (C=O) groups is 1. The fourth-order valence-electron chi connectivity index (χ4n) is 1.57. The van der Waals surface area contributed by atoms with Gasteiger partial charge in [-0.1, -0.05) is 17.7 Å². The maximum atomic E-state index is 13.5. The Labute approximate surface area is 123 Å². The first kappa shape index (κ1) is 14.0. The van der Waals surface area contributed by atoms with Crippen molar-refractivity contribution < 1.29 is 9.18 Å². The standard InChI is InChI=1S/C14H10BrClFNO/c1-8-2-5-12(17)13(6-8)18-14(19)9-3-4-11(16)10(15)7-9/h2-7H,1H3,(H,18,19). The molecule has 2 rings (SSSR count). The maximum absolute atomic E-state index is 13.5. The second-order valence-corrected chi connectivity index (χ2v) is 5.33. The molecule has 0 aliphatic rings. The summed E-state index contributed by atoms with van der Waals surface area (Å²) in [6, 6.07) is 9.32. The van der Waals surface area contributed by atoms with Gasteiger partial charge in [-0.05, 0) is 58.7 Å². The zero-order valence-electron chi connectivity index (χ0n) is 10.0. The number of amides is 1. The van der Waals surface area contributed by atoms with Gasteiger partial charge >= 0.3 is 0 Å². The van der Waals surface area contributed by atoms with Gasteiger partial charge in [0.1, 0.15) is 5.82 Å². The summed E-state index contributed by atoms with van der Waals surface area (Å²) in [4.78, 5) is 12.0. The lowest BCUT2D eigenvalue weighted by molar-refractivity contribution is 0.102. The van der Waals surface area contributed by atoms with E-state index in [4.69, 9.17) is 11.6 Å². The van der Waals surface area contributed by atoms with Gasteiger partial charge in [0.15, 0.2) is 0 Å². The highest BCUT2D eigenvalue weighted by atomic mass is 79.9. The summed E-state index contributed by atoms with van der Waals surface area (Å²) in [6.07, 6.45) is 0. The molecule has 0 aromatic heterocycles. The minimum atomic E-state index is -0.466. The first-order chi connectivity index (χ1) is 8.97. The molecular weight excluding hydrogens is 333 g/mol. The number of nitrogens with one attached hydrogen (secondary N) is 1. The van der Waals surface area contributed by atoms with Crippen LogP contribution in [0.2, 0.25) is 5.02 Å². The second-order valence-electron chi connectivity index (χ2n) is 4.07. The number of anilines is 1. The van der Waals surface area contributed by atoms with Gasteiger partial charge in [0.05, 0.1) is 10.7 Å². The number of benzene rings is 2. The molecule has 0 bridgehead atoms. The normalized spacial score (nSPS) is 10.3. The topological polar surface area (TPSA) is 29.1 Å². The molecule has 0 aliphatic carbocycles. The van der Waals surface area contributed by atoms with Gasteiger partial charge in [-0.2, -0.15) is 0 Å². The summed E-state index contributed by atoms with van der Waals surface area (Å²) in [5.74, 6) is -0.853. The van der Waals surface area contributed by atoms with Crippen LogP contribution < -0.4 is 5.32 Å². The molecule has 0 heterocycles. The molecule has 2 aromatic carbocycles. The number of aryl methyl sites for hydroxylation is 1. The largest absolute Gasteiger partial charge is 0.319 e. The predicted octanol–water partition coefficient (Wildman–Crippen LogP) is 4.80. The first-order valence-electron chi connectivity index (χ1n) is 5.50. The van der Waals surface area contributed by atoms with Crippen LogP contribution in [-0.2, 0) is 0 Å². The number of carbonyl (C=O) groups excluding carboxylic acids is 1. The van der Waals surface area contributed by atoms with Crippen molar-refractivity contribution in [3.63, 3.8) is 0 Å². The van der Waals surface area contributed by atoms with Crippen molar-refractivity contribution in [1.29, 1.82) is 0 Å². The Bertz CT molecular complexity index is 645. The van der Waals surface area contributed by atoms with E-state index in [0.717, 1.165) is 5.56 Å². The van der Waals surface area contributed by atoms with Crippen molar-refractivity contribution in [1.82, 2.24) is 0 Å². The highest BCUT2D eigenvalue weighted by Crippen LogP contribution is 2.24. The molecule has 98 valence electrons. The molecule has 2 aromatic rings. The predicted molar refractivity (Wildman–Crippen MR) is 78.2 cm³/mol. The molecular formula is C14H10BrClFNO. The number of halogens is 3. The van der Waals surface area contributed by atoms with E-state index in [-0.39, 0.29) is 11.6 Å². The Morgan fingerprint density at radius 3 is 2.68 bits per heavy atom. The van der Waals surface area contributed by atoms with Crippen LogP contribution in [0.5, 0.6) is 0 Å². The number of hydrogen-bond donors (Lipinski definition) is 1. The minimum Gasteiger partial charge on any atom is -0.319 e. The van der Waals surface area contributed by atoms with Crippen molar-refractivity contribution in [3.05, 3.63) is 62.8 Å². The zero-order valence-corrected chi connectivity index (χ0v) is 12.3. The molecule has 0 radical (unpaired) electrons. The highest BCUT2D eigenvalue weighted by molar-refractivity contribution is 9.10. The number of rotatable bonds is 2. The van der Waals surface area contributed by atoms with Crippen molar-refractivity contribution in [2.75, 3.05) is 5.32 Å². The third-order valence-corrected chi connectivity index (χ3v) is 3.77. The molecule has 19 heavy (non-hydrogen) atoms. The van der Waals surface area contributed by atoms with Crippen LogP contribution >= 0.6 is 27.5 Å². The molecule has 0 saturated heterocycles. The van der Waals surface area contributed by atoms with E-state index in [1.807, 2.05) is 6.92 Å². The van der Waals surface area contributed by atoms with Crippen LogP contribution in [0.4, 0.5) is 10.1 Å². The van der Waals surface area contributed by atoms with E-state index in [2.05, 4.69) is 21.2 Å². The van der Waals surface area contributed by atoms with Crippen LogP contribution in [0.1, 0.15) is 15.9 Å². The smallest absolute Gasteiger partial charge is 0.255 e. The van der Waals surface area contributed by atoms with Crippen molar-refractivity contribution >= 4 is 39.1 Å². The van der Waals surface area contributed by atoms with Crippen LogP contribution in [-0.4, -0.2) is 5.91 Å². The van der Waals surface area contributed by atoms with Gasteiger partial charge in [0.25, 0.3) is 5.91 Å². The SMILES string of the molecule is Cc1ccc(F)c(NC(=O)c2ccc(Cl)c(Br)c2)c1. The Hall–Kier alpha value is -1.39. The van der Waals surface area contributed by atoms with Crippen molar-refractivity contribution in [2.45, 2.75) is 6.92 Å². The van der Waals surface area contributed by atoms with Gasteiger partial charge in [-0.3, -0.25) is 4.79 Å². The second kappa shape index (κ2) is 5.72. The van der Waals surface area contributed by atoms with Gasteiger partial charge in [0.2, 0.25) is 0 Å². The fourth-order valence-corrected chi connectivity index (χ4v) is 2.06. The maximum Gasteiger partial charge on any atom is 0.255 e. The van der Waals surface area contributed by atoms with Crippen molar-refractivity contribution in [2.24, 2.45) is 0 Å². The monoisotopic (exact) mass is 341 g/mol. The number of hydrogen-bond acceptors (Lipinski definition) is 1. The Morgan fingerprint density at radius 1 is 1.26 bits per heavy atom. The summed E-state index contributed by atoms with van der Waals surface area (Å²) >= 11 is 9.09. The lowest BCUT2D eigenvalue weighted by Crippen LogP contribution is -2.13. The average Bonchev–Trinajstić information content (AvgIpc) is 2.37. The van der Waals surface area contributed by atoms with Gasteiger partial charge < -0.3 is 5.32 Å². The fraction of sp³-hybridized carbons (Fsp3) is 0.0714. The van der Waals surface area contributed by atoms with E-state index in [9.17, 15) is 9.18 Å². The Morgan fingerprint density at radius 2 is 2.00 bits per heavy atom. The highest BCUT2D eigenvalue weighted by Gasteiger charge is 2.10. The average molecular weight is 343 g/mol. The van der Waals surface area contributed by atoms with E-state index in [1.165, 1.54) is 6.07 Å². The van der Waals surface area contributed by atoms with Crippen molar-refractivity contribution in [3.8, 4) is 0 Å². The quantitative estimate of drug-likeness (QED) is 0.834. The van der Waals surface area contributed by atoms with Crippen LogP contribution in [0, 0.1) is 12.7 Å². The molecule has 0 atom stereocenters. The molecule has 5 heteroatoms. The summed E-state index contributed by atoms with van der Waals surface area (Å²) in [6.45, 7) is 1.83. The molecule has 0 fully saturated rings. The van der Waals surface area contributed by atoms with Crippen LogP contribution in [0.15, 0.2) is 40.9 Å². The summed E-state index contributed by atoms with van der Waals surface area (Å²) in [7, 11) is 0. The molecule has 1 N–H and O–H groups in total. The summed E-state index contributed by atoms with van der Waals surface area (Å²) in [5.41, 5.74) is 1.43. The molecule has 0 saturated carbocycles. The molecule has 1 amide bonds. The third-order valence-electron chi connectivity index (χ3n) is 2.55. The van der Waals surface area contributed by atoms with E-state index in [0.29, 0.717) is 15.1 Å².